The fraction of sp³-hybridized carbons (Fsp3) is 0.105. The molecular weight excluding hydrogens is 375 g/mol. The first kappa shape index (κ1) is 18.6. The molecule has 0 bridgehead atoms. The van der Waals surface area contributed by atoms with Crippen LogP contribution in [0.15, 0.2) is 59.1 Å². The molecule has 0 saturated carbocycles. The van der Waals surface area contributed by atoms with E-state index < -0.39 is 17.7 Å². The Morgan fingerprint density at radius 3 is 2.70 bits per heavy atom. The molecule has 3 rings (SSSR count). The van der Waals surface area contributed by atoms with Crippen molar-refractivity contribution in [1.29, 1.82) is 0 Å². The van der Waals surface area contributed by atoms with E-state index in [4.69, 9.17) is 20.8 Å². The van der Waals surface area contributed by atoms with E-state index in [2.05, 4.69) is 10.3 Å². The number of oxazole rings is 1. The van der Waals surface area contributed by atoms with Crippen LogP contribution < -0.4 is 5.32 Å². The highest BCUT2D eigenvalue weighted by Crippen LogP contribution is 2.22. The smallest absolute Gasteiger partial charge is 0.325 e. The highest BCUT2D eigenvalue weighted by molar-refractivity contribution is 6.30. The zero-order chi connectivity index (χ0) is 19.2. The molecule has 0 unspecified atom stereocenters. The molecule has 1 amide bonds. The van der Waals surface area contributed by atoms with E-state index in [-0.39, 0.29) is 24.6 Å². The van der Waals surface area contributed by atoms with E-state index in [0.717, 1.165) is 11.6 Å². The Labute approximate surface area is 158 Å². The van der Waals surface area contributed by atoms with E-state index in [1.165, 1.54) is 24.4 Å². The largest absolute Gasteiger partial charge is 0.454 e. The van der Waals surface area contributed by atoms with Crippen molar-refractivity contribution in [1.82, 2.24) is 10.3 Å². The van der Waals surface area contributed by atoms with Gasteiger partial charge in [-0.05, 0) is 42.5 Å². The zero-order valence-electron chi connectivity index (χ0n) is 13.9. The number of carbonyl (C=O) groups is 2. The first-order chi connectivity index (χ1) is 13.0. The molecule has 3 aromatic rings. The molecule has 0 atom stereocenters. The summed E-state index contributed by atoms with van der Waals surface area (Å²) in [5, 5.41) is 2.96. The van der Waals surface area contributed by atoms with Gasteiger partial charge >= 0.3 is 5.97 Å². The number of nitrogens with one attached hydrogen (secondary N) is 1. The topological polar surface area (TPSA) is 81.4 Å². The number of hydrogen-bond acceptors (Lipinski definition) is 5. The van der Waals surface area contributed by atoms with Gasteiger partial charge in [-0.15, -0.1) is 0 Å². The number of carbonyl (C=O) groups excluding carboxylic acids is 2. The van der Waals surface area contributed by atoms with Crippen LogP contribution in [0, 0.1) is 5.82 Å². The Morgan fingerprint density at radius 1 is 1.19 bits per heavy atom. The molecule has 8 heteroatoms. The minimum Gasteiger partial charge on any atom is -0.454 e. The molecular formula is C19H14ClFN2O4. The third kappa shape index (κ3) is 5.15. The third-order valence-corrected chi connectivity index (χ3v) is 3.77. The van der Waals surface area contributed by atoms with Gasteiger partial charge in [0.15, 0.2) is 12.4 Å². The second-order valence-electron chi connectivity index (χ2n) is 5.48. The normalized spacial score (nSPS) is 10.4. The quantitative estimate of drug-likeness (QED) is 0.652. The average Bonchev–Trinajstić information content (AvgIpc) is 3.14. The monoisotopic (exact) mass is 388 g/mol. The summed E-state index contributed by atoms with van der Waals surface area (Å²) in [6.45, 7) is -0.539. The summed E-state index contributed by atoms with van der Waals surface area (Å²) in [5.74, 6) is -1.06. The van der Waals surface area contributed by atoms with E-state index in [1.54, 1.807) is 24.3 Å². The van der Waals surface area contributed by atoms with Crippen LogP contribution in [-0.2, 0) is 16.1 Å². The van der Waals surface area contributed by atoms with E-state index in [0.29, 0.717) is 10.8 Å². The van der Waals surface area contributed by atoms with Crippen LogP contribution in [0.4, 0.5) is 4.39 Å². The predicted octanol–water partition coefficient (Wildman–Crippen LogP) is 3.61. The lowest BCUT2D eigenvalue weighted by molar-refractivity contribution is -0.144. The molecule has 2 aromatic carbocycles. The molecule has 0 saturated heterocycles. The summed E-state index contributed by atoms with van der Waals surface area (Å²) < 4.78 is 23.6. The Kier molecular flexibility index (Phi) is 5.83. The van der Waals surface area contributed by atoms with Crippen molar-refractivity contribution in [3.05, 3.63) is 77.0 Å². The molecule has 0 aliphatic heterocycles. The van der Waals surface area contributed by atoms with Gasteiger partial charge in [-0.2, -0.15) is 0 Å². The summed E-state index contributed by atoms with van der Waals surface area (Å²) in [5.41, 5.74) is 0.898. The summed E-state index contributed by atoms with van der Waals surface area (Å²) in [6, 6.07) is 12.1. The number of aromatic nitrogens is 1. The molecule has 0 radical (unpaired) electrons. The van der Waals surface area contributed by atoms with Crippen molar-refractivity contribution >= 4 is 23.5 Å². The van der Waals surface area contributed by atoms with Gasteiger partial charge in [-0.25, -0.2) is 9.37 Å². The molecule has 1 aromatic heterocycles. The molecule has 0 spiro atoms. The second-order valence-corrected chi connectivity index (χ2v) is 5.92. The Morgan fingerprint density at radius 2 is 1.96 bits per heavy atom. The number of rotatable bonds is 6. The van der Waals surface area contributed by atoms with E-state index >= 15 is 0 Å². The Balaban J connectivity index is 1.48. The van der Waals surface area contributed by atoms with E-state index in [1.807, 2.05) is 0 Å². The van der Waals surface area contributed by atoms with Crippen LogP contribution in [0.1, 0.15) is 16.2 Å². The number of halogens is 2. The Hall–Kier alpha value is -3.19. The lowest BCUT2D eigenvalue weighted by Gasteiger charge is -2.05. The lowest BCUT2D eigenvalue weighted by Crippen LogP contribution is -2.30. The van der Waals surface area contributed by atoms with E-state index in [9.17, 15) is 14.0 Å². The number of benzene rings is 2. The van der Waals surface area contributed by atoms with Gasteiger partial charge in [-0.3, -0.25) is 9.59 Å². The molecule has 0 fully saturated rings. The first-order valence-electron chi connectivity index (χ1n) is 7.91. The average molecular weight is 389 g/mol. The number of ether oxygens (including phenoxy) is 1. The van der Waals surface area contributed by atoms with Gasteiger partial charge in [0.05, 0.1) is 6.20 Å². The van der Waals surface area contributed by atoms with Crippen molar-refractivity contribution in [2.75, 3.05) is 6.54 Å². The summed E-state index contributed by atoms with van der Waals surface area (Å²) in [4.78, 5) is 27.6. The van der Waals surface area contributed by atoms with Crippen LogP contribution in [0.25, 0.3) is 11.3 Å². The summed E-state index contributed by atoms with van der Waals surface area (Å²) in [6.07, 6.45) is 1.51. The second kappa shape index (κ2) is 8.46. The SMILES string of the molecule is O=C(CNC(=O)c1cccc(F)c1)OCc1ncc(-c2ccc(Cl)cc2)o1. The van der Waals surface area contributed by atoms with Gasteiger partial charge in [-0.1, -0.05) is 17.7 Å². The molecule has 1 N–H and O–H groups in total. The molecule has 27 heavy (non-hydrogen) atoms. The van der Waals surface area contributed by atoms with Gasteiger partial charge in [0, 0.05) is 16.1 Å². The van der Waals surface area contributed by atoms with Crippen molar-refractivity contribution in [3.63, 3.8) is 0 Å². The van der Waals surface area contributed by atoms with Crippen molar-refractivity contribution in [2.24, 2.45) is 0 Å². The number of hydrogen-bond donors (Lipinski definition) is 1. The van der Waals surface area contributed by atoms with Crippen LogP contribution in [0.2, 0.25) is 5.02 Å². The standard InChI is InChI=1S/C19H14ClFN2O4/c20-14-6-4-12(5-7-14)16-9-22-17(27-16)11-26-18(24)10-23-19(25)13-2-1-3-15(21)8-13/h1-9H,10-11H2,(H,23,25). The number of nitrogens with zero attached hydrogens (tertiary/aromatic N) is 1. The maximum Gasteiger partial charge on any atom is 0.325 e. The highest BCUT2D eigenvalue weighted by Gasteiger charge is 2.12. The minimum absolute atomic E-state index is 0.114. The van der Waals surface area contributed by atoms with Crippen LogP contribution in [0.5, 0.6) is 0 Å². The Bertz CT molecular complexity index is 956. The predicted molar refractivity (Wildman–Crippen MR) is 95.5 cm³/mol. The first-order valence-corrected chi connectivity index (χ1v) is 8.29. The molecule has 0 aliphatic carbocycles. The highest BCUT2D eigenvalue weighted by atomic mass is 35.5. The number of amides is 1. The molecule has 1 heterocycles. The van der Waals surface area contributed by atoms with Gasteiger partial charge in [0.1, 0.15) is 12.4 Å². The summed E-state index contributed by atoms with van der Waals surface area (Å²) in [7, 11) is 0. The van der Waals surface area contributed by atoms with Crippen molar-refractivity contribution in [2.45, 2.75) is 6.61 Å². The van der Waals surface area contributed by atoms with Gasteiger partial charge in [0.25, 0.3) is 5.91 Å². The molecule has 138 valence electrons. The van der Waals surface area contributed by atoms with Crippen molar-refractivity contribution in [3.8, 4) is 11.3 Å². The van der Waals surface area contributed by atoms with Crippen molar-refractivity contribution < 1.29 is 23.1 Å². The fourth-order valence-electron chi connectivity index (χ4n) is 2.20. The summed E-state index contributed by atoms with van der Waals surface area (Å²) >= 11 is 5.84. The third-order valence-electron chi connectivity index (χ3n) is 3.52. The maximum atomic E-state index is 13.1. The lowest BCUT2D eigenvalue weighted by atomic mass is 10.2. The van der Waals surface area contributed by atoms with Crippen LogP contribution in [0.3, 0.4) is 0 Å². The van der Waals surface area contributed by atoms with Gasteiger partial charge in [0.2, 0.25) is 5.89 Å². The fourth-order valence-corrected chi connectivity index (χ4v) is 2.33. The molecule has 6 nitrogen and oxygen atoms in total. The van der Waals surface area contributed by atoms with Gasteiger partial charge < -0.3 is 14.5 Å². The van der Waals surface area contributed by atoms with Crippen LogP contribution in [-0.4, -0.2) is 23.4 Å². The zero-order valence-corrected chi connectivity index (χ0v) is 14.7. The maximum absolute atomic E-state index is 13.1. The number of esters is 1. The minimum atomic E-state index is -0.675. The molecule has 0 aliphatic rings. The van der Waals surface area contributed by atoms with Crippen LogP contribution >= 0.6 is 11.6 Å².